The van der Waals surface area contributed by atoms with Crippen molar-refractivity contribution in [3.05, 3.63) is 30.4 Å². The van der Waals surface area contributed by atoms with Gasteiger partial charge in [0.25, 0.3) is 5.89 Å². The van der Waals surface area contributed by atoms with Crippen molar-refractivity contribution in [2.75, 3.05) is 14.2 Å². The number of carbonyl (C=O) groups excluding carboxylic acids is 1. The zero-order valence-electron chi connectivity index (χ0n) is 9.47. The minimum Gasteiger partial charge on any atom is -0.497 e. The fourth-order valence-electron chi connectivity index (χ4n) is 1.48. The van der Waals surface area contributed by atoms with Gasteiger partial charge in [-0.3, -0.25) is 4.79 Å². The lowest BCUT2D eigenvalue weighted by atomic mass is 10.1. The molecule has 0 saturated carbocycles. The smallest absolute Gasteiger partial charge is 0.260 e. The van der Waals surface area contributed by atoms with Gasteiger partial charge in [-0.25, -0.2) is 4.98 Å². The van der Waals surface area contributed by atoms with E-state index in [0.717, 1.165) is 0 Å². The van der Waals surface area contributed by atoms with Crippen LogP contribution in [0.4, 0.5) is 0 Å². The van der Waals surface area contributed by atoms with E-state index < -0.39 is 0 Å². The van der Waals surface area contributed by atoms with Crippen molar-refractivity contribution >= 4 is 6.29 Å². The van der Waals surface area contributed by atoms with Crippen LogP contribution in [0.25, 0.3) is 11.3 Å². The van der Waals surface area contributed by atoms with Crippen molar-refractivity contribution in [2.45, 2.75) is 0 Å². The van der Waals surface area contributed by atoms with E-state index in [4.69, 9.17) is 13.9 Å². The Bertz CT molecular complexity index is 533. The van der Waals surface area contributed by atoms with Crippen molar-refractivity contribution in [2.24, 2.45) is 0 Å². The summed E-state index contributed by atoms with van der Waals surface area (Å²) < 4.78 is 15.3. The Morgan fingerprint density at radius 2 is 2.12 bits per heavy atom. The SMILES string of the molecule is COc1ccc(OC)c(-c2coc(C=O)n2)c1. The van der Waals surface area contributed by atoms with Crippen LogP contribution < -0.4 is 9.47 Å². The topological polar surface area (TPSA) is 61.6 Å². The van der Waals surface area contributed by atoms with Crippen molar-refractivity contribution < 1.29 is 18.7 Å². The van der Waals surface area contributed by atoms with Crippen LogP contribution in [-0.4, -0.2) is 25.5 Å². The molecule has 2 aromatic rings. The average Bonchev–Trinajstić information content (AvgIpc) is 2.86. The van der Waals surface area contributed by atoms with Crippen LogP contribution in [-0.2, 0) is 0 Å². The van der Waals surface area contributed by atoms with E-state index in [1.165, 1.54) is 6.26 Å². The molecular formula is C12H11NO4. The predicted molar refractivity (Wildman–Crippen MR) is 60.4 cm³/mol. The fourth-order valence-corrected chi connectivity index (χ4v) is 1.48. The van der Waals surface area contributed by atoms with Crippen LogP contribution in [0.1, 0.15) is 10.7 Å². The van der Waals surface area contributed by atoms with Gasteiger partial charge in [0.2, 0.25) is 6.29 Å². The first-order chi connectivity index (χ1) is 8.28. The van der Waals surface area contributed by atoms with Gasteiger partial charge in [-0.2, -0.15) is 0 Å². The van der Waals surface area contributed by atoms with E-state index in [1.807, 2.05) is 0 Å². The number of nitrogens with zero attached hydrogens (tertiary/aromatic N) is 1. The van der Waals surface area contributed by atoms with Crippen LogP contribution >= 0.6 is 0 Å². The van der Waals surface area contributed by atoms with E-state index in [9.17, 15) is 4.79 Å². The number of rotatable bonds is 4. The molecule has 0 aliphatic heterocycles. The van der Waals surface area contributed by atoms with Crippen molar-refractivity contribution in [1.29, 1.82) is 0 Å². The van der Waals surface area contributed by atoms with Gasteiger partial charge in [0, 0.05) is 5.56 Å². The number of hydrogen-bond donors (Lipinski definition) is 0. The molecule has 0 N–H and O–H groups in total. The standard InChI is InChI=1S/C12H11NO4/c1-15-8-3-4-11(16-2)9(5-8)10-7-17-12(6-14)13-10/h3-7H,1-2H3. The molecule has 0 saturated heterocycles. The number of carbonyl (C=O) groups is 1. The van der Waals surface area contributed by atoms with Gasteiger partial charge < -0.3 is 13.9 Å². The summed E-state index contributed by atoms with van der Waals surface area (Å²) in [5.74, 6) is 1.35. The lowest BCUT2D eigenvalue weighted by Gasteiger charge is -2.07. The van der Waals surface area contributed by atoms with Gasteiger partial charge >= 0.3 is 0 Å². The zero-order valence-corrected chi connectivity index (χ0v) is 9.47. The molecule has 0 bridgehead atoms. The van der Waals surface area contributed by atoms with Crippen molar-refractivity contribution in [3.63, 3.8) is 0 Å². The maximum Gasteiger partial charge on any atom is 0.260 e. The second-order valence-corrected chi connectivity index (χ2v) is 3.26. The van der Waals surface area contributed by atoms with Crippen LogP contribution in [0.2, 0.25) is 0 Å². The fraction of sp³-hybridized carbons (Fsp3) is 0.167. The van der Waals surface area contributed by atoms with Crippen LogP contribution in [0, 0.1) is 0 Å². The Labute approximate surface area is 98.0 Å². The summed E-state index contributed by atoms with van der Waals surface area (Å²) in [7, 11) is 3.14. The van der Waals surface area contributed by atoms with Crippen LogP contribution in [0.15, 0.2) is 28.9 Å². The van der Waals surface area contributed by atoms with E-state index in [-0.39, 0.29) is 5.89 Å². The molecule has 1 aromatic heterocycles. The molecule has 0 unspecified atom stereocenters. The summed E-state index contributed by atoms with van der Waals surface area (Å²) in [5, 5.41) is 0. The summed E-state index contributed by atoms with van der Waals surface area (Å²) in [4.78, 5) is 14.5. The van der Waals surface area contributed by atoms with Crippen molar-refractivity contribution in [1.82, 2.24) is 4.98 Å². The molecule has 88 valence electrons. The molecule has 2 rings (SSSR count). The number of aldehydes is 1. The van der Waals surface area contributed by atoms with Crippen LogP contribution in [0.5, 0.6) is 11.5 Å². The minimum atomic E-state index is 0.0323. The first kappa shape index (κ1) is 11.2. The van der Waals surface area contributed by atoms with E-state index in [2.05, 4.69) is 4.98 Å². The average molecular weight is 233 g/mol. The summed E-state index contributed by atoms with van der Waals surface area (Å²) in [5.41, 5.74) is 1.24. The van der Waals surface area contributed by atoms with E-state index in [1.54, 1.807) is 32.4 Å². The largest absolute Gasteiger partial charge is 0.497 e. The van der Waals surface area contributed by atoms with E-state index >= 15 is 0 Å². The van der Waals surface area contributed by atoms with Gasteiger partial charge in [-0.1, -0.05) is 0 Å². The molecule has 5 nitrogen and oxygen atoms in total. The molecule has 0 fully saturated rings. The molecule has 5 heteroatoms. The molecule has 0 spiro atoms. The summed E-state index contributed by atoms with van der Waals surface area (Å²) in [6.45, 7) is 0. The highest BCUT2D eigenvalue weighted by molar-refractivity contribution is 5.73. The first-order valence-corrected chi connectivity index (χ1v) is 4.91. The number of hydrogen-bond acceptors (Lipinski definition) is 5. The third kappa shape index (κ3) is 2.13. The Kier molecular flexibility index (Phi) is 3.09. The highest BCUT2D eigenvalue weighted by Gasteiger charge is 2.12. The number of methoxy groups -OCH3 is 2. The number of aromatic nitrogens is 1. The van der Waals surface area contributed by atoms with Gasteiger partial charge in [0.15, 0.2) is 0 Å². The predicted octanol–water partition coefficient (Wildman–Crippen LogP) is 2.17. The molecule has 0 aliphatic carbocycles. The van der Waals surface area contributed by atoms with E-state index in [0.29, 0.717) is 29.0 Å². The second-order valence-electron chi connectivity index (χ2n) is 3.26. The lowest BCUT2D eigenvalue weighted by molar-refractivity contribution is 0.109. The zero-order chi connectivity index (χ0) is 12.3. The molecule has 17 heavy (non-hydrogen) atoms. The summed E-state index contributed by atoms with van der Waals surface area (Å²) in [6, 6.07) is 5.32. The molecular weight excluding hydrogens is 222 g/mol. The maximum absolute atomic E-state index is 10.5. The van der Waals surface area contributed by atoms with Gasteiger partial charge in [-0.15, -0.1) is 0 Å². The highest BCUT2D eigenvalue weighted by atomic mass is 16.5. The number of oxazole rings is 1. The Hall–Kier alpha value is -2.30. The molecule has 0 amide bonds. The summed E-state index contributed by atoms with van der Waals surface area (Å²) in [6.07, 6.45) is 1.96. The first-order valence-electron chi connectivity index (χ1n) is 4.91. The van der Waals surface area contributed by atoms with Gasteiger partial charge in [-0.05, 0) is 18.2 Å². The van der Waals surface area contributed by atoms with Gasteiger partial charge in [0.1, 0.15) is 23.5 Å². The summed E-state index contributed by atoms with van der Waals surface area (Å²) >= 11 is 0. The number of ether oxygens (including phenoxy) is 2. The highest BCUT2D eigenvalue weighted by Crippen LogP contribution is 2.32. The Balaban J connectivity index is 2.51. The Morgan fingerprint density at radius 3 is 2.71 bits per heavy atom. The lowest BCUT2D eigenvalue weighted by Crippen LogP contribution is -1.90. The minimum absolute atomic E-state index is 0.0323. The molecule has 1 heterocycles. The van der Waals surface area contributed by atoms with Crippen molar-refractivity contribution in [3.8, 4) is 22.8 Å². The molecule has 0 atom stereocenters. The molecule has 1 aromatic carbocycles. The third-order valence-electron chi connectivity index (χ3n) is 2.31. The molecule has 0 radical (unpaired) electrons. The molecule has 0 aliphatic rings. The third-order valence-corrected chi connectivity index (χ3v) is 2.31. The quantitative estimate of drug-likeness (QED) is 0.757. The number of benzene rings is 1. The Morgan fingerprint density at radius 1 is 1.29 bits per heavy atom. The van der Waals surface area contributed by atoms with Gasteiger partial charge in [0.05, 0.1) is 14.2 Å². The monoisotopic (exact) mass is 233 g/mol. The normalized spacial score (nSPS) is 10.0. The van der Waals surface area contributed by atoms with Crippen LogP contribution in [0.3, 0.4) is 0 Å². The maximum atomic E-state index is 10.5. The second kappa shape index (κ2) is 4.69.